The van der Waals surface area contributed by atoms with Crippen LogP contribution >= 0.6 is 19.4 Å². The number of carbonyl (C=O) groups excluding carboxylic acids is 2. The molecular formula is C24H28N3O10PS. The first kappa shape index (κ1) is 28.8. The van der Waals surface area contributed by atoms with E-state index in [1.165, 1.54) is 41.3 Å². The van der Waals surface area contributed by atoms with Crippen LogP contribution in [0.5, 0.6) is 5.75 Å². The van der Waals surface area contributed by atoms with E-state index in [9.17, 15) is 29.2 Å². The fourth-order valence-electron chi connectivity index (χ4n) is 4.38. The second-order valence-electron chi connectivity index (χ2n) is 9.69. The molecule has 15 heteroatoms. The zero-order valence-corrected chi connectivity index (χ0v) is 22.8. The van der Waals surface area contributed by atoms with Crippen LogP contribution in [-0.2, 0) is 23.7 Å². The van der Waals surface area contributed by atoms with Gasteiger partial charge in [-0.1, -0.05) is 12.1 Å². The smallest absolute Gasteiger partial charge is 0.356 e. The van der Waals surface area contributed by atoms with Crippen molar-refractivity contribution in [2.75, 3.05) is 0 Å². The van der Waals surface area contributed by atoms with E-state index < -0.39 is 59.5 Å². The van der Waals surface area contributed by atoms with E-state index in [0.29, 0.717) is 11.3 Å². The fraction of sp³-hybridized carbons (Fsp3) is 0.417. The summed E-state index contributed by atoms with van der Waals surface area (Å²) in [6.07, 6.45) is 2.65. The molecule has 3 aliphatic heterocycles. The molecule has 4 heterocycles. The van der Waals surface area contributed by atoms with Gasteiger partial charge >= 0.3 is 13.6 Å². The number of benzene rings is 1. The molecule has 2 amide bonds. The lowest BCUT2D eigenvalue weighted by atomic mass is 9.95. The molecule has 5 N–H and O–H groups in total. The number of nitrogens with one attached hydrogen (secondary N) is 1. The predicted molar refractivity (Wildman–Crippen MR) is 139 cm³/mol. The zero-order valence-electron chi connectivity index (χ0n) is 21.1. The van der Waals surface area contributed by atoms with Gasteiger partial charge in [-0.25, -0.2) is 4.79 Å². The normalized spacial score (nSPS) is 27.7. The second kappa shape index (κ2) is 10.8. The number of carboxylic acid groups (broad SMARTS) is 1. The molecule has 0 unspecified atom stereocenters. The van der Waals surface area contributed by atoms with E-state index in [0.717, 1.165) is 0 Å². The minimum absolute atomic E-state index is 0.0482. The molecule has 5 rings (SSSR count). The maximum atomic E-state index is 13.1. The van der Waals surface area contributed by atoms with Crippen molar-refractivity contribution >= 4 is 43.4 Å². The standard InChI is InChI=1S/C21H21N3O6S.C3H7O4P/c1-21(2)16(20(28)29)24-18(27)15(19(24)31-21)23-17(26)14(11-5-7-12(25)8-6-11)22-10-13-4-3-9-30-13;1-2-3(7-2)8(4,5)6/h3-10,14-16,19,25H,1-2H3,(H,23,26)(H,28,29);2-3H,1H3,(H2,4,5,6)/b22-10-;/t14-,15-,16+,19-;2-,3+/m10/s1. The Bertz CT molecular complexity index is 1310. The van der Waals surface area contributed by atoms with Crippen LogP contribution in [0.2, 0.25) is 0 Å². The molecule has 3 fully saturated rings. The minimum atomic E-state index is -3.90. The maximum Gasteiger partial charge on any atom is 0.356 e. The Morgan fingerprint density at radius 3 is 2.36 bits per heavy atom. The molecule has 3 aliphatic rings. The molecular weight excluding hydrogens is 553 g/mol. The van der Waals surface area contributed by atoms with Crippen LogP contribution in [0.1, 0.15) is 38.1 Å². The van der Waals surface area contributed by atoms with E-state index in [-0.39, 0.29) is 11.9 Å². The number of fused-ring (bicyclic) bond motifs is 1. The third-order valence-corrected chi connectivity index (χ3v) is 9.11. The van der Waals surface area contributed by atoms with E-state index in [1.54, 1.807) is 45.0 Å². The topological polar surface area (TPSA) is 202 Å². The number of aliphatic imine (C=N–C) groups is 1. The summed E-state index contributed by atoms with van der Waals surface area (Å²) >= 11 is 1.35. The van der Waals surface area contributed by atoms with Crippen molar-refractivity contribution in [3.8, 4) is 5.75 Å². The molecule has 0 radical (unpaired) electrons. The summed E-state index contributed by atoms with van der Waals surface area (Å²) in [6.45, 7) is 5.17. The largest absolute Gasteiger partial charge is 0.508 e. The highest BCUT2D eigenvalue weighted by molar-refractivity contribution is 8.01. The fourth-order valence-corrected chi connectivity index (χ4v) is 6.90. The Hall–Kier alpha value is -3.16. The SMILES string of the molecule is CC1(C)S[C@@H]2[C@H](NC(=O)[C@H](/N=C\c3ccco3)c3ccc(O)cc3)C(=O)N2[C@H]1C(=O)O.C[C@@H]1O[C@@H]1P(=O)(O)O. The summed E-state index contributed by atoms with van der Waals surface area (Å²) in [5.74, 6) is -2.32. The van der Waals surface area contributed by atoms with Crippen LogP contribution < -0.4 is 5.32 Å². The van der Waals surface area contributed by atoms with E-state index in [1.807, 2.05) is 0 Å². The first-order chi connectivity index (χ1) is 18.2. The third-order valence-electron chi connectivity index (χ3n) is 6.33. The van der Waals surface area contributed by atoms with Crippen molar-refractivity contribution in [3.05, 3.63) is 54.0 Å². The first-order valence-corrected chi connectivity index (χ1v) is 14.4. The quantitative estimate of drug-likeness (QED) is 0.138. The van der Waals surface area contributed by atoms with Crippen molar-refractivity contribution in [2.24, 2.45) is 4.99 Å². The van der Waals surface area contributed by atoms with Gasteiger partial charge in [-0.2, -0.15) is 0 Å². The Morgan fingerprint density at radius 2 is 1.87 bits per heavy atom. The predicted octanol–water partition coefficient (Wildman–Crippen LogP) is 1.69. The molecule has 1 aromatic heterocycles. The number of phenolic OH excluding ortho intramolecular Hbond substituents is 1. The number of rotatable bonds is 7. The van der Waals surface area contributed by atoms with Gasteiger partial charge in [0.05, 0.1) is 18.6 Å². The summed E-state index contributed by atoms with van der Waals surface area (Å²) in [7, 11) is -3.90. The number of amides is 2. The van der Waals surface area contributed by atoms with Crippen LogP contribution in [-0.4, -0.2) is 83.1 Å². The van der Waals surface area contributed by atoms with Gasteiger partial charge in [0.2, 0.25) is 11.8 Å². The average Bonchev–Trinajstić information content (AvgIpc) is 3.28. The number of hydrogen-bond donors (Lipinski definition) is 5. The van der Waals surface area contributed by atoms with Gasteiger partial charge in [0, 0.05) is 4.75 Å². The van der Waals surface area contributed by atoms with Gasteiger partial charge in [-0.05, 0) is 50.6 Å². The van der Waals surface area contributed by atoms with Gasteiger partial charge < -0.3 is 39.4 Å². The highest BCUT2D eigenvalue weighted by Gasteiger charge is 2.64. The van der Waals surface area contributed by atoms with Crippen molar-refractivity contribution < 1.29 is 48.1 Å². The summed E-state index contributed by atoms with van der Waals surface area (Å²) in [6, 6.07) is 6.64. The number of hydrogen-bond acceptors (Lipinski definition) is 9. The number of β-lactam (4-membered cyclic amide) rings is 1. The van der Waals surface area contributed by atoms with Gasteiger partial charge in [0.1, 0.15) is 29.0 Å². The Kier molecular flexibility index (Phi) is 7.97. The number of epoxide rings is 1. The number of thioether (sulfide) groups is 1. The monoisotopic (exact) mass is 581 g/mol. The molecule has 0 spiro atoms. The molecule has 0 saturated carbocycles. The van der Waals surface area contributed by atoms with Crippen LogP contribution in [0, 0.1) is 0 Å². The number of aromatic hydroxyl groups is 1. The molecule has 1 aromatic carbocycles. The Morgan fingerprint density at radius 1 is 1.23 bits per heavy atom. The number of aliphatic carboxylic acids is 1. The number of carboxylic acids is 1. The highest BCUT2D eigenvalue weighted by atomic mass is 32.2. The lowest BCUT2D eigenvalue weighted by molar-refractivity contribution is -0.161. The van der Waals surface area contributed by atoms with Crippen molar-refractivity contribution in [1.29, 1.82) is 0 Å². The minimum Gasteiger partial charge on any atom is -0.508 e. The first-order valence-electron chi connectivity index (χ1n) is 11.8. The molecule has 39 heavy (non-hydrogen) atoms. The summed E-state index contributed by atoms with van der Waals surface area (Å²) in [5.41, 5.74) is 0.518. The number of carbonyl (C=O) groups is 3. The van der Waals surface area contributed by atoms with E-state index in [2.05, 4.69) is 15.0 Å². The number of ether oxygens (including phenoxy) is 1. The van der Waals surface area contributed by atoms with Gasteiger partial charge in [-0.3, -0.25) is 19.1 Å². The van der Waals surface area contributed by atoms with Gasteiger partial charge in [-0.15, -0.1) is 11.8 Å². The highest BCUT2D eigenvalue weighted by Crippen LogP contribution is 2.52. The molecule has 210 valence electrons. The van der Waals surface area contributed by atoms with Crippen LogP contribution in [0.15, 0.2) is 52.1 Å². The lowest BCUT2D eigenvalue weighted by Crippen LogP contribution is -2.70. The molecule has 0 bridgehead atoms. The third kappa shape index (κ3) is 6.20. The van der Waals surface area contributed by atoms with Crippen molar-refractivity contribution in [2.45, 2.75) is 61.0 Å². The maximum absolute atomic E-state index is 13.1. The molecule has 3 saturated heterocycles. The number of furan rings is 1. The summed E-state index contributed by atoms with van der Waals surface area (Å²) in [5, 5.41) is 21.4. The van der Waals surface area contributed by atoms with Gasteiger partial charge in [0.25, 0.3) is 0 Å². The molecule has 13 nitrogen and oxygen atoms in total. The van der Waals surface area contributed by atoms with Crippen molar-refractivity contribution in [3.63, 3.8) is 0 Å². The average molecular weight is 582 g/mol. The zero-order chi connectivity index (χ0) is 28.7. The van der Waals surface area contributed by atoms with Crippen LogP contribution in [0.3, 0.4) is 0 Å². The molecule has 0 aliphatic carbocycles. The molecule has 6 atom stereocenters. The second-order valence-corrected chi connectivity index (χ2v) is 13.2. The Labute approximate surface area is 227 Å². The van der Waals surface area contributed by atoms with Crippen LogP contribution in [0.25, 0.3) is 0 Å². The Balaban J connectivity index is 0.000000379. The van der Waals surface area contributed by atoms with Crippen molar-refractivity contribution in [1.82, 2.24) is 10.2 Å². The van der Waals surface area contributed by atoms with E-state index >= 15 is 0 Å². The van der Waals surface area contributed by atoms with Gasteiger partial charge in [0.15, 0.2) is 11.9 Å². The number of phenols is 1. The number of nitrogens with zero attached hydrogens (tertiary/aromatic N) is 2. The van der Waals surface area contributed by atoms with E-state index in [4.69, 9.17) is 14.2 Å². The summed E-state index contributed by atoms with van der Waals surface area (Å²) in [4.78, 5) is 59.7. The summed E-state index contributed by atoms with van der Waals surface area (Å²) < 4.78 is 19.2. The van der Waals surface area contributed by atoms with Crippen LogP contribution in [0.4, 0.5) is 0 Å². The molecule has 2 aromatic rings. The lowest BCUT2D eigenvalue weighted by Gasteiger charge is -2.43.